The van der Waals surface area contributed by atoms with Crippen LogP contribution in [0.15, 0.2) is 70.4 Å². The summed E-state index contributed by atoms with van der Waals surface area (Å²) >= 11 is 6.05. The fraction of sp³-hybridized carbons (Fsp3) is 0.292. The van der Waals surface area contributed by atoms with Crippen molar-refractivity contribution in [3.8, 4) is 0 Å². The molecule has 1 fully saturated rings. The number of hydrogen-bond acceptors (Lipinski definition) is 6. The van der Waals surface area contributed by atoms with Gasteiger partial charge < -0.3 is 19.0 Å². The topological polar surface area (TPSA) is 98.9 Å². The predicted molar refractivity (Wildman–Crippen MR) is 118 cm³/mol. The molecule has 8 heteroatoms. The molecule has 1 N–H and O–H groups in total. The Morgan fingerprint density at radius 1 is 1.28 bits per heavy atom. The number of aliphatic carboxylic acids is 1. The van der Waals surface area contributed by atoms with Crippen LogP contribution in [0.25, 0.3) is 11.0 Å². The molecule has 3 heterocycles. The summed E-state index contributed by atoms with van der Waals surface area (Å²) in [5.74, 6) is -0.857. The van der Waals surface area contributed by atoms with Crippen LogP contribution >= 0.6 is 11.6 Å². The normalized spacial score (nSPS) is 21.2. The minimum absolute atomic E-state index is 0.0292. The van der Waals surface area contributed by atoms with Crippen molar-refractivity contribution in [1.29, 1.82) is 0 Å². The molecule has 3 unspecified atom stereocenters. The molecule has 32 heavy (non-hydrogen) atoms. The van der Waals surface area contributed by atoms with Crippen LogP contribution in [-0.2, 0) is 14.3 Å². The van der Waals surface area contributed by atoms with Gasteiger partial charge in [-0.2, -0.15) is 0 Å². The van der Waals surface area contributed by atoms with Crippen molar-refractivity contribution in [2.45, 2.75) is 31.7 Å². The van der Waals surface area contributed by atoms with E-state index in [1.165, 1.54) is 6.26 Å². The summed E-state index contributed by atoms with van der Waals surface area (Å²) in [5.41, 5.74) is 1.32. The van der Waals surface area contributed by atoms with Crippen molar-refractivity contribution in [3.63, 3.8) is 0 Å². The van der Waals surface area contributed by atoms with Crippen molar-refractivity contribution in [3.05, 3.63) is 87.5 Å². The Morgan fingerprint density at radius 2 is 2.16 bits per heavy atom. The molecule has 0 amide bonds. The number of carboxylic acid groups (broad SMARTS) is 1. The van der Waals surface area contributed by atoms with Gasteiger partial charge in [0.05, 0.1) is 23.7 Å². The molecule has 3 aromatic rings. The number of aromatic nitrogens is 1. The van der Waals surface area contributed by atoms with E-state index in [0.29, 0.717) is 35.4 Å². The van der Waals surface area contributed by atoms with Gasteiger partial charge in [0, 0.05) is 29.8 Å². The molecule has 1 aromatic carbocycles. The van der Waals surface area contributed by atoms with Gasteiger partial charge in [-0.15, -0.1) is 0 Å². The van der Waals surface area contributed by atoms with E-state index in [2.05, 4.69) is 4.98 Å². The number of fused-ring (bicyclic) bond motifs is 1. The zero-order chi connectivity index (χ0) is 22.5. The fourth-order valence-electron chi connectivity index (χ4n) is 3.71. The summed E-state index contributed by atoms with van der Waals surface area (Å²) in [4.78, 5) is 27.9. The quantitative estimate of drug-likeness (QED) is 0.497. The molecular weight excluding hydrogens is 434 g/mol. The molecule has 2 aromatic heterocycles. The Morgan fingerprint density at radius 3 is 2.94 bits per heavy atom. The highest BCUT2D eigenvalue weighted by atomic mass is 35.5. The molecule has 1 aliphatic heterocycles. The summed E-state index contributed by atoms with van der Waals surface area (Å²) in [5, 5.41) is 9.58. The first-order chi connectivity index (χ1) is 15.5. The van der Waals surface area contributed by atoms with Gasteiger partial charge >= 0.3 is 5.97 Å². The molecule has 1 saturated heterocycles. The van der Waals surface area contributed by atoms with Crippen molar-refractivity contribution in [2.75, 3.05) is 6.61 Å². The molecule has 0 radical (unpaired) electrons. The van der Waals surface area contributed by atoms with E-state index in [1.807, 2.05) is 24.3 Å². The third-order valence-electron chi connectivity index (χ3n) is 5.32. The van der Waals surface area contributed by atoms with Crippen LogP contribution in [0.1, 0.15) is 42.8 Å². The van der Waals surface area contributed by atoms with E-state index in [4.69, 9.17) is 30.6 Å². The Kier molecular flexibility index (Phi) is 6.99. The number of carbonyl (C=O) groups is 1. The average Bonchev–Trinajstić information content (AvgIpc) is 2.80. The number of halogens is 1. The van der Waals surface area contributed by atoms with Crippen LogP contribution in [0.5, 0.6) is 0 Å². The van der Waals surface area contributed by atoms with Crippen molar-refractivity contribution < 1.29 is 23.8 Å². The monoisotopic (exact) mass is 455 g/mol. The van der Waals surface area contributed by atoms with Crippen LogP contribution in [0.4, 0.5) is 0 Å². The molecular formula is C24H22ClNO6. The standard InChI is InChI=1S/C24H22ClNO6/c25-17-8-9-20-18(11-17)22(29)19(14-30-20)24-31-13-16(5-2-1-3-7-21(27)28)23(32-24)15-6-4-10-26-12-15/h1-2,4,6,8-12,14,16,23-24H,3,5,7,13H2,(H,27,28). The summed E-state index contributed by atoms with van der Waals surface area (Å²) < 4.78 is 17.8. The first-order valence-corrected chi connectivity index (χ1v) is 10.7. The second-order valence-corrected chi connectivity index (χ2v) is 8.00. The van der Waals surface area contributed by atoms with Crippen molar-refractivity contribution >= 4 is 28.5 Å². The second-order valence-electron chi connectivity index (χ2n) is 7.57. The lowest BCUT2D eigenvalue weighted by Gasteiger charge is -2.36. The highest BCUT2D eigenvalue weighted by molar-refractivity contribution is 6.31. The van der Waals surface area contributed by atoms with E-state index < -0.39 is 12.3 Å². The number of allylic oxidation sites excluding steroid dienone is 2. The number of ether oxygens (including phenoxy) is 2. The minimum atomic E-state index is -0.896. The predicted octanol–water partition coefficient (Wildman–Crippen LogP) is 5.06. The second kappa shape index (κ2) is 10.1. The van der Waals surface area contributed by atoms with E-state index in [1.54, 1.807) is 30.6 Å². The van der Waals surface area contributed by atoms with Crippen LogP contribution in [-0.4, -0.2) is 22.7 Å². The van der Waals surface area contributed by atoms with Crippen LogP contribution < -0.4 is 5.43 Å². The Hall–Kier alpha value is -3.00. The zero-order valence-electron chi connectivity index (χ0n) is 17.1. The number of pyridine rings is 1. The number of carboxylic acids is 1. The van der Waals surface area contributed by atoms with E-state index in [9.17, 15) is 9.59 Å². The van der Waals surface area contributed by atoms with Gasteiger partial charge in [-0.25, -0.2) is 0 Å². The lowest BCUT2D eigenvalue weighted by molar-refractivity contribution is -0.244. The smallest absolute Gasteiger partial charge is 0.303 e. The lowest BCUT2D eigenvalue weighted by atomic mass is 9.92. The minimum Gasteiger partial charge on any atom is -0.481 e. The molecule has 0 aliphatic carbocycles. The van der Waals surface area contributed by atoms with Gasteiger partial charge in [0.15, 0.2) is 6.29 Å². The van der Waals surface area contributed by atoms with E-state index >= 15 is 0 Å². The van der Waals surface area contributed by atoms with Gasteiger partial charge in [0.25, 0.3) is 0 Å². The molecule has 166 valence electrons. The summed E-state index contributed by atoms with van der Waals surface area (Å²) in [7, 11) is 0. The van der Waals surface area contributed by atoms with Crippen molar-refractivity contribution in [1.82, 2.24) is 4.98 Å². The maximum absolute atomic E-state index is 13.1. The first kappa shape index (κ1) is 22.2. The Labute approximate surface area is 189 Å². The largest absolute Gasteiger partial charge is 0.481 e. The Bertz CT molecular complexity index is 1180. The molecule has 1 aliphatic rings. The van der Waals surface area contributed by atoms with E-state index in [0.717, 1.165) is 5.56 Å². The third-order valence-corrected chi connectivity index (χ3v) is 5.55. The Balaban J connectivity index is 1.57. The highest BCUT2D eigenvalue weighted by Crippen LogP contribution is 2.39. The molecule has 0 saturated carbocycles. The molecule has 0 bridgehead atoms. The number of rotatable bonds is 7. The van der Waals surface area contributed by atoms with Crippen molar-refractivity contribution in [2.24, 2.45) is 5.92 Å². The zero-order valence-corrected chi connectivity index (χ0v) is 17.9. The van der Waals surface area contributed by atoms with Gasteiger partial charge in [-0.3, -0.25) is 14.6 Å². The summed E-state index contributed by atoms with van der Waals surface area (Å²) in [6.45, 7) is 0.348. The van der Waals surface area contributed by atoms with Gasteiger partial charge in [-0.1, -0.05) is 29.8 Å². The van der Waals surface area contributed by atoms with Crippen LogP contribution in [0.3, 0.4) is 0 Å². The van der Waals surface area contributed by atoms with Gasteiger partial charge in [-0.05, 0) is 42.7 Å². The van der Waals surface area contributed by atoms with Gasteiger partial charge in [0.2, 0.25) is 5.43 Å². The molecule has 4 rings (SSSR count). The number of hydrogen-bond donors (Lipinski definition) is 1. The maximum atomic E-state index is 13.1. The molecule has 0 spiro atoms. The highest BCUT2D eigenvalue weighted by Gasteiger charge is 2.35. The lowest BCUT2D eigenvalue weighted by Crippen LogP contribution is -2.32. The van der Waals surface area contributed by atoms with Gasteiger partial charge in [0.1, 0.15) is 11.8 Å². The van der Waals surface area contributed by atoms with E-state index in [-0.39, 0.29) is 29.4 Å². The average molecular weight is 456 g/mol. The first-order valence-electron chi connectivity index (χ1n) is 10.3. The summed E-state index contributed by atoms with van der Waals surface area (Å²) in [6, 6.07) is 8.63. The third kappa shape index (κ3) is 5.07. The number of nitrogens with zero attached hydrogens (tertiary/aromatic N) is 1. The fourth-order valence-corrected chi connectivity index (χ4v) is 3.88. The van der Waals surface area contributed by atoms with Crippen LogP contribution in [0, 0.1) is 5.92 Å². The maximum Gasteiger partial charge on any atom is 0.303 e. The SMILES string of the molecule is O=C(O)CCC=CCC1COC(c2coc3ccc(Cl)cc3c2=O)OC1c1cccnc1. The molecule has 7 nitrogen and oxygen atoms in total. The van der Waals surface area contributed by atoms with Crippen LogP contribution in [0.2, 0.25) is 5.02 Å². The number of benzene rings is 1. The summed E-state index contributed by atoms with van der Waals surface area (Å²) in [6.07, 6.45) is 8.50. The molecule has 3 atom stereocenters.